The van der Waals surface area contributed by atoms with E-state index >= 15 is 0 Å². The molecule has 0 saturated heterocycles. The minimum atomic E-state index is -0.507. The smallest absolute Gasteiger partial charge is 0.326 e. The summed E-state index contributed by atoms with van der Waals surface area (Å²) in [5.74, 6) is 0.822. The van der Waals surface area contributed by atoms with Crippen LogP contribution in [0.1, 0.15) is 53.9 Å². The van der Waals surface area contributed by atoms with Crippen LogP contribution in [0, 0.1) is 11.8 Å². The molecule has 17 heavy (non-hydrogen) atoms. The molecule has 0 aromatic carbocycles. The summed E-state index contributed by atoms with van der Waals surface area (Å²) >= 11 is 0. The molecule has 0 aromatic heterocycles. The molecule has 0 atom stereocenters. The Morgan fingerprint density at radius 1 is 1.18 bits per heavy atom. The maximum absolute atomic E-state index is 12.1. The number of rotatable bonds is 8. The van der Waals surface area contributed by atoms with Crippen molar-refractivity contribution in [2.45, 2.75) is 59.4 Å². The van der Waals surface area contributed by atoms with E-state index < -0.39 is 5.54 Å². The Morgan fingerprint density at radius 2 is 1.65 bits per heavy atom. The van der Waals surface area contributed by atoms with Gasteiger partial charge in [0.05, 0.1) is 7.11 Å². The van der Waals surface area contributed by atoms with Crippen LogP contribution in [0.15, 0.2) is 0 Å². The highest BCUT2D eigenvalue weighted by Gasteiger charge is 2.39. The number of nitrogens with one attached hydrogen (secondary N) is 1. The molecular formula is C14H29NO2. The molecule has 0 aliphatic carbocycles. The van der Waals surface area contributed by atoms with E-state index in [4.69, 9.17) is 4.74 Å². The van der Waals surface area contributed by atoms with Gasteiger partial charge in [-0.3, -0.25) is 4.79 Å². The molecule has 0 fully saturated rings. The third-order valence-electron chi connectivity index (χ3n) is 2.80. The van der Waals surface area contributed by atoms with E-state index in [-0.39, 0.29) is 5.97 Å². The van der Waals surface area contributed by atoms with Crippen LogP contribution in [0.5, 0.6) is 0 Å². The maximum Gasteiger partial charge on any atom is 0.326 e. The van der Waals surface area contributed by atoms with E-state index in [0.717, 1.165) is 25.8 Å². The van der Waals surface area contributed by atoms with Crippen molar-refractivity contribution in [3.8, 4) is 0 Å². The lowest BCUT2D eigenvalue weighted by molar-refractivity contribution is -0.150. The van der Waals surface area contributed by atoms with Gasteiger partial charge in [-0.1, -0.05) is 34.6 Å². The Balaban J connectivity index is 4.97. The van der Waals surface area contributed by atoms with Gasteiger partial charge in [-0.25, -0.2) is 0 Å². The molecule has 0 aliphatic heterocycles. The van der Waals surface area contributed by atoms with Gasteiger partial charge in [-0.05, 0) is 37.6 Å². The first-order valence-electron chi connectivity index (χ1n) is 6.71. The summed E-state index contributed by atoms with van der Waals surface area (Å²) in [6.07, 6.45) is 2.69. The minimum absolute atomic E-state index is 0.117. The number of ether oxygens (including phenoxy) is 1. The van der Waals surface area contributed by atoms with Crippen LogP contribution in [-0.4, -0.2) is 25.2 Å². The largest absolute Gasteiger partial charge is 0.468 e. The Bertz CT molecular complexity index is 214. The van der Waals surface area contributed by atoms with Crippen LogP contribution < -0.4 is 5.32 Å². The Labute approximate surface area is 106 Å². The van der Waals surface area contributed by atoms with Crippen molar-refractivity contribution in [1.82, 2.24) is 5.32 Å². The highest BCUT2D eigenvalue weighted by Crippen LogP contribution is 2.26. The number of hydrogen-bond donors (Lipinski definition) is 1. The summed E-state index contributed by atoms with van der Waals surface area (Å²) in [4.78, 5) is 12.1. The lowest BCUT2D eigenvalue weighted by Crippen LogP contribution is -2.54. The molecule has 0 spiro atoms. The fourth-order valence-corrected chi connectivity index (χ4v) is 2.42. The second kappa shape index (κ2) is 7.70. The summed E-state index contributed by atoms with van der Waals surface area (Å²) in [5, 5.41) is 3.42. The number of esters is 1. The van der Waals surface area contributed by atoms with Crippen molar-refractivity contribution in [3.05, 3.63) is 0 Å². The average molecular weight is 243 g/mol. The lowest BCUT2D eigenvalue weighted by atomic mass is 9.81. The van der Waals surface area contributed by atoms with Crippen molar-refractivity contribution in [3.63, 3.8) is 0 Å². The zero-order valence-corrected chi connectivity index (χ0v) is 12.3. The first kappa shape index (κ1) is 16.4. The average Bonchev–Trinajstić information content (AvgIpc) is 2.23. The fourth-order valence-electron chi connectivity index (χ4n) is 2.42. The van der Waals surface area contributed by atoms with E-state index in [2.05, 4.69) is 39.9 Å². The molecule has 0 radical (unpaired) electrons. The normalized spacial score (nSPS) is 12.2. The van der Waals surface area contributed by atoms with Crippen LogP contribution in [0.4, 0.5) is 0 Å². The van der Waals surface area contributed by atoms with Crippen LogP contribution in [0.2, 0.25) is 0 Å². The zero-order valence-electron chi connectivity index (χ0n) is 12.3. The topological polar surface area (TPSA) is 38.3 Å². The first-order valence-corrected chi connectivity index (χ1v) is 6.71. The standard InChI is InChI=1S/C14H29NO2/c1-7-8-15-14(9-11(2)3,10-12(4)5)13(16)17-6/h11-12,15H,7-10H2,1-6H3. The summed E-state index contributed by atoms with van der Waals surface area (Å²) in [6.45, 7) is 11.5. The predicted molar refractivity (Wildman–Crippen MR) is 72.0 cm³/mol. The molecule has 3 nitrogen and oxygen atoms in total. The van der Waals surface area contributed by atoms with Gasteiger partial charge < -0.3 is 10.1 Å². The second-order valence-electron chi connectivity index (χ2n) is 5.70. The van der Waals surface area contributed by atoms with Gasteiger partial charge in [-0.2, -0.15) is 0 Å². The molecule has 0 amide bonds. The van der Waals surface area contributed by atoms with Gasteiger partial charge in [0.1, 0.15) is 5.54 Å². The van der Waals surface area contributed by atoms with E-state index in [1.807, 2.05) is 0 Å². The van der Waals surface area contributed by atoms with Crippen LogP contribution >= 0.6 is 0 Å². The second-order valence-corrected chi connectivity index (χ2v) is 5.70. The third kappa shape index (κ3) is 5.53. The zero-order chi connectivity index (χ0) is 13.5. The molecule has 0 aromatic rings. The number of carbonyl (C=O) groups is 1. The van der Waals surface area contributed by atoms with Gasteiger partial charge in [-0.15, -0.1) is 0 Å². The van der Waals surface area contributed by atoms with Gasteiger partial charge >= 0.3 is 5.97 Å². The summed E-state index contributed by atoms with van der Waals surface area (Å²) in [6, 6.07) is 0. The Hall–Kier alpha value is -0.570. The number of hydrogen-bond acceptors (Lipinski definition) is 3. The van der Waals surface area contributed by atoms with Crippen LogP contribution in [0.3, 0.4) is 0 Å². The quantitative estimate of drug-likeness (QED) is 0.666. The summed E-state index contributed by atoms with van der Waals surface area (Å²) < 4.78 is 5.01. The highest BCUT2D eigenvalue weighted by atomic mass is 16.5. The minimum Gasteiger partial charge on any atom is -0.468 e. The van der Waals surface area contributed by atoms with Crippen molar-refractivity contribution in [2.24, 2.45) is 11.8 Å². The molecule has 3 heteroatoms. The molecular weight excluding hydrogens is 214 g/mol. The van der Waals surface area contributed by atoms with Gasteiger partial charge in [0.2, 0.25) is 0 Å². The van der Waals surface area contributed by atoms with Gasteiger partial charge in [0.25, 0.3) is 0 Å². The molecule has 0 heterocycles. The van der Waals surface area contributed by atoms with E-state index in [0.29, 0.717) is 11.8 Å². The predicted octanol–water partition coefficient (Wildman–Crippen LogP) is 2.99. The number of methoxy groups -OCH3 is 1. The van der Waals surface area contributed by atoms with Crippen molar-refractivity contribution < 1.29 is 9.53 Å². The third-order valence-corrected chi connectivity index (χ3v) is 2.80. The molecule has 0 rings (SSSR count). The molecule has 0 aliphatic rings. The Kier molecular flexibility index (Phi) is 7.44. The molecule has 0 saturated carbocycles. The maximum atomic E-state index is 12.1. The molecule has 102 valence electrons. The van der Waals surface area contributed by atoms with Crippen molar-refractivity contribution >= 4 is 5.97 Å². The van der Waals surface area contributed by atoms with E-state index in [1.54, 1.807) is 0 Å². The van der Waals surface area contributed by atoms with E-state index in [1.165, 1.54) is 7.11 Å². The SMILES string of the molecule is CCCNC(CC(C)C)(CC(C)C)C(=O)OC. The monoisotopic (exact) mass is 243 g/mol. The molecule has 1 N–H and O–H groups in total. The number of carbonyl (C=O) groups excluding carboxylic acids is 1. The van der Waals surface area contributed by atoms with E-state index in [9.17, 15) is 4.79 Å². The summed E-state index contributed by atoms with van der Waals surface area (Å²) in [7, 11) is 1.48. The fraction of sp³-hybridized carbons (Fsp3) is 0.929. The Morgan fingerprint density at radius 3 is 1.94 bits per heavy atom. The van der Waals surface area contributed by atoms with Crippen LogP contribution in [0.25, 0.3) is 0 Å². The van der Waals surface area contributed by atoms with Crippen molar-refractivity contribution in [2.75, 3.05) is 13.7 Å². The molecule has 0 bridgehead atoms. The van der Waals surface area contributed by atoms with Crippen LogP contribution in [-0.2, 0) is 9.53 Å². The lowest BCUT2D eigenvalue weighted by Gasteiger charge is -2.35. The van der Waals surface area contributed by atoms with Gasteiger partial charge in [0, 0.05) is 0 Å². The van der Waals surface area contributed by atoms with Gasteiger partial charge in [0.15, 0.2) is 0 Å². The highest BCUT2D eigenvalue weighted by molar-refractivity contribution is 5.80. The molecule has 0 unspecified atom stereocenters. The van der Waals surface area contributed by atoms with Crippen molar-refractivity contribution in [1.29, 1.82) is 0 Å². The summed E-state index contributed by atoms with van der Waals surface area (Å²) in [5.41, 5.74) is -0.507. The first-order chi connectivity index (χ1) is 7.88.